The first kappa shape index (κ1) is 17.6. The van der Waals surface area contributed by atoms with Crippen molar-refractivity contribution in [2.45, 2.75) is 28.4 Å². The van der Waals surface area contributed by atoms with Crippen molar-refractivity contribution in [3.05, 3.63) is 29.3 Å². The van der Waals surface area contributed by atoms with Crippen molar-refractivity contribution in [3.8, 4) is 0 Å². The second-order valence-corrected chi connectivity index (χ2v) is 8.36. The second kappa shape index (κ2) is 9.39. The minimum Gasteiger partial charge on any atom is -0.325 e. The monoisotopic (exact) mass is 373 g/mol. The molecule has 1 heterocycles. The topological polar surface area (TPSA) is 54.9 Å². The number of thioether (sulfide) groups is 2. The first-order valence-electron chi connectivity index (χ1n) is 6.82. The first-order valence-corrected chi connectivity index (χ1v) is 9.98. The van der Waals surface area contributed by atoms with Crippen molar-refractivity contribution in [1.82, 2.24) is 10.2 Å². The maximum atomic E-state index is 11.9. The van der Waals surface area contributed by atoms with Crippen molar-refractivity contribution < 1.29 is 4.79 Å². The number of carbonyl (C=O) groups excluding carboxylic acids is 1. The number of benzene rings is 1. The Hall–Kier alpha value is -0.760. The normalized spacial score (nSPS) is 10.6. The summed E-state index contributed by atoms with van der Waals surface area (Å²) in [6, 6.07) is 7.04. The average molecular weight is 374 g/mol. The van der Waals surface area contributed by atoms with Crippen LogP contribution in [-0.2, 0) is 4.79 Å². The van der Waals surface area contributed by atoms with Crippen LogP contribution >= 0.6 is 46.5 Å². The van der Waals surface area contributed by atoms with E-state index in [4.69, 9.17) is 11.6 Å². The Morgan fingerprint density at radius 3 is 2.59 bits per heavy atom. The summed E-state index contributed by atoms with van der Waals surface area (Å²) in [6.07, 6.45) is 2.36. The van der Waals surface area contributed by atoms with Gasteiger partial charge in [0.15, 0.2) is 8.68 Å². The fraction of sp³-hybridized carbons (Fsp3) is 0.357. The second-order valence-electron chi connectivity index (χ2n) is 4.38. The van der Waals surface area contributed by atoms with Gasteiger partial charge in [0.05, 0.1) is 5.75 Å². The van der Waals surface area contributed by atoms with Crippen LogP contribution in [0.1, 0.15) is 19.8 Å². The molecule has 118 valence electrons. The van der Waals surface area contributed by atoms with Gasteiger partial charge in [0.2, 0.25) is 5.91 Å². The molecule has 0 fully saturated rings. The highest BCUT2D eigenvalue weighted by Gasteiger charge is 2.08. The van der Waals surface area contributed by atoms with Gasteiger partial charge >= 0.3 is 0 Å². The molecule has 0 saturated heterocycles. The Labute approximate surface area is 147 Å². The van der Waals surface area contributed by atoms with E-state index in [-0.39, 0.29) is 5.91 Å². The van der Waals surface area contributed by atoms with Crippen LogP contribution < -0.4 is 5.32 Å². The molecular weight excluding hydrogens is 358 g/mol. The molecule has 0 radical (unpaired) electrons. The summed E-state index contributed by atoms with van der Waals surface area (Å²) in [4.78, 5) is 11.9. The largest absolute Gasteiger partial charge is 0.325 e. The third-order valence-electron chi connectivity index (χ3n) is 2.57. The van der Waals surface area contributed by atoms with Gasteiger partial charge in [0.25, 0.3) is 0 Å². The standard InChI is InChI=1S/C14H16ClN3OS3/c1-2-3-8-20-13-17-18-14(22-13)21-9-12(19)16-11-6-4-10(15)5-7-11/h4-7H,2-3,8-9H2,1H3,(H,16,19). The molecular formula is C14H16ClN3OS3. The molecule has 1 aromatic heterocycles. The van der Waals surface area contributed by atoms with E-state index in [9.17, 15) is 4.79 Å². The average Bonchev–Trinajstić information content (AvgIpc) is 2.96. The number of aromatic nitrogens is 2. The van der Waals surface area contributed by atoms with E-state index in [1.165, 1.54) is 35.9 Å². The Balaban J connectivity index is 1.75. The molecule has 1 N–H and O–H groups in total. The number of amides is 1. The number of nitrogens with zero attached hydrogens (tertiary/aromatic N) is 2. The predicted molar refractivity (Wildman–Crippen MR) is 96.3 cm³/mol. The van der Waals surface area contributed by atoms with Gasteiger partial charge in [-0.1, -0.05) is 59.8 Å². The van der Waals surface area contributed by atoms with Gasteiger partial charge in [-0.25, -0.2) is 0 Å². The highest BCUT2D eigenvalue weighted by Crippen LogP contribution is 2.29. The molecule has 0 bridgehead atoms. The molecule has 2 aromatic rings. The summed E-state index contributed by atoms with van der Waals surface area (Å²) in [5, 5.41) is 11.7. The highest BCUT2D eigenvalue weighted by molar-refractivity contribution is 8.03. The molecule has 4 nitrogen and oxygen atoms in total. The molecule has 1 amide bonds. The van der Waals surface area contributed by atoms with Crippen molar-refractivity contribution in [1.29, 1.82) is 0 Å². The molecule has 0 aliphatic rings. The Morgan fingerprint density at radius 1 is 1.23 bits per heavy atom. The van der Waals surface area contributed by atoms with Crippen LogP contribution in [0.2, 0.25) is 5.02 Å². The summed E-state index contributed by atoms with van der Waals surface area (Å²) in [5.74, 6) is 1.31. The number of hydrogen-bond donors (Lipinski definition) is 1. The predicted octanol–water partition coefficient (Wildman–Crippen LogP) is 4.81. The molecule has 0 spiro atoms. The molecule has 0 aliphatic heterocycles. The third kappa shape index (κ3) is 6.16. The SMILES string of the molecule is CCCCSc1nnc(SCC(=O)Nc2ccc(Cl)cc2)s1. The van der Waals surface area contributed by atoms with Crippen molar-refractivity contribution >= 4 is 58.1 Å². The van der Waals surface area contributed by atoms with Gasteiger partial charge in [0.1, 0.15) is 0 Å². The number of carbonyl (C=O) groups is 1. The lowest BCUT2D eigenvalue weighted by molar-refractivity contribution is -0.113. The van der Waals surface area contributed by atoms with Gasteiger partial charge in [-0.15, -0.1) is 10.2 Å². The number of halogens is 1. The fourth-order valence-corrected chi connectivity index (χ4v) is 4.58. The zero-order valence-corrected chi connectivity index (χ0v) is 15.2. The van der Waals surface area contributed by atoms with Crippen LogP contribution in [-0.4, -0.2) is 27.6 Å². The smallest absolute Gasteiger partial charge is 0.234 e. The first-order chi connectivity index (χ1) is 10.7. The van der Waals surface area contributed by atoms with Crippen LogP contribution in [0.3, 0.4) is 0 Å². The van der Waals surface area contributed by atoms with Crippen molar-refractivity contribution in [3.63, 3.8) is 0 Å². The minimum atomic E-state index is -0.0669. The lowest BCUT2D eigenvalue weighted by atomic mass is 10.3. The highest BCUT2D eigenvalue weighted by atomic mass is 35.5. The van der Waals surface area contributed by atoms with E-state index >= 15 is 0 Å². The van der Waals surface area contributed by atoms with Crippen LogP contribution in [0.25, 0.3) is 0 Å². The molecule has 8 heteroatoms. The molecule has 0 unspecified atom stereocenters. The molecule has 1 aromatic carbocycles. The maximum Gasteiger partial charge on any atom is 0.234 e. The fourth-order valence-electron chi connectivity index (χ4n) is 1.48. The molecule has 0 atom stereocenters. The van der Waals surface area contributed by atoms with E-state index in [0.29, 0.717) is 10.8 Å². The van der Waals surface area contributed by atoms with Crippen molar-refractivity contribution in [2.24, 2.45) is 0 Å². The zero-order valence-electron chi connectivity index (χ0n) is 12.0. The van der Waals surface area contributed by atoms with Crippen LogP contribution in [0, 0.1) is 0 Å². The molecule has 0 saturated carbocycles. The lowest BCUT2D eigenvalue weighted by Gasteiger charge is -2.03. The summed E-state index contributed by atoms with van der Waals surface area (Å²) in [6.45, 7) is 2.17. The van der Waals surface area contributed by atoms with Crippen molar-refractivity contribution in [2.75, 3.05) is 16.8 Å². The van der Waals surface area contributed by atoms with E-state index in [1.807, 2.05) is 0 Å². The Kier molecular flexibility index (Phi) is 7.51. The van der Waals surface area contributed by atoms with E-state index in [2.05, 4.69) is 22.4 Å². The summed E-state index contributed by atoms with van der Waals surface area (Å²) in [7, 11) is 0. The number of hydrogen-bond acceptors (Lipinski definition) is 6. The number of unbranched alkanes of at least 4 members (excludes halogenated alkanes) is 1. The molecule has 0 aliphatic carbocycles. The van der Waals surface area contributed by atoms with Gasteiger partial charge in [0, 0.05) is 16.5 Å². The Morgan fingerprint density at radius 2 is 1.91 bits per heavy atom. The minimum absolute atomic E-state index is 0.0669. The van der Waals surface area contributed by atoms with Gasteiger partial charge in [-0.2, -0.15) is 0 Å². The number of anilines is 1. The van der Waals surface area contributed by atoms with Gasteiger partial charge in [-0.3, -0.25) is 4.79 Å². The van der Waals surface area contributed by atoms with Crippen LogP contribution in [0.15, 0.2) is 32.9 Å². The van der Waals surface area contributed by atoms with Gasteiger partial charge < -0.3 is 5.32 Å². The summed E-state index contributed by atoms with van der Waals surface area (Å²) in [5.41, 5.74) is 0.739. The maximum absolute atomic E-state index is 11.9. The Bertz CT molecular complexity index is 604. The summed E-state index contributed by atoms with van der Waals surface area (Å²) >= 11 is 10.5. The molecule has 2 rings (SSSR count). The van der Waals surface area contributed by atoms with E-state index in [1.54, 1.807) is 36.0 Å². The number of nitrogens with one attached hydrogen (secondary N) is 1. The van der Waals surface area contributed by atoms with Gasteiger partial charge in [-0.05, 0) is 30.7 Å². The quantitative estimate of drug-likeness (QED) is 0.531. The summed E-state index contributed by atoms with van der Waals surface area (Å²) < 4.78 is 1.79. The van der Waals surface area contributed by atoms with E-state index < -0.39 is 0 Å². The van der Waals surface area contributed by atoms with Crippen LogP contribution in [0.4, 0.5) is 5.69 Å². The third-order valence-corrected chi connectivity index (χ3v) is 6.09. The number of rotatable bonds is 8. The lowest BCUT2D eigenvalue weighted by Crippen LogP contribution is -2.13. The zero-order chi connectivity index (χ0) is 15.8. The van der Waals surface area contributed by atoms with E-state index in [0.717, 1.165) is 20.1 Å². The molecule has 22 heavy (non-hydrogen) atoms. The van der Waals surface area contributed by atoms with Crippen LogP contribution in [0.5, 0.6) is 0 Å².